The molecule has 0 heterocycles. The number of esters is 1. The minimum atomic E-state index is -0.980. The van der Waals surface area contributed by atoms with Crippen LogP contribution in [0.5, 0.6) is 0 Å². The van der Waals surface area contributed by atoms with Crippen LogP contribution in [-0.2, 0) is 16.1 Å². The van der Waals surface area contributed by atoms with Crippen LogP contribution < -0.4 is 0 Å². The first-order chi connectivity index (χ1) is 12.1. The van der Waals surface area contributed by atoms with Crippen LogP contribution in [-0.4, -0.2) is 35.0 Å². The Balaban J connectivity index is 2.26. The highest BCUT2D eigenvalue weighted by Gasteiger charge is 2.28. The first-order valence-electron chi connectivity index (χ1n) is 8.35. The van der Waals surface area contributed by atoms with E-state index in [1.165, 1.54) is 0 Å². The number of amides is 1. The second kappa shape index (κ2) is 8.99. The Morgan fingerprint density at radius 3 is 2.12 bits per heavy atom. The largest absolute Gasteiger partial charge is 0.444 e. The number of rotatable bonds is 7. The molecule has 0 saturated heterocycles. The van der Waals surface area contributed by atoms with Crippen molar-refractivity contribution in [1.29, 1.82) is 0 Å². The van der Waals surface area contributed by atoms with Crippen LogP contribution in [0, 0.1) is 0 Å². The van der Waals surface area contributed by atoms with E-state index >= 15 is 0 Å². The topological polar surface area (TPSA) is 66.8 Å². The molecule has 0 aromatic heterocycles. The minimum absolute atomic E-state index is 0.0948. The molecular weight excluding hydrogens is 318 g/mol. The molecule has 5 heteroatoms. The summed E-state index contributed by atoms with van der Waals surface area (Å²) in [5.74, 6) is -0.810. The highest BCUT2D eigenvalue weighted by Crippen LogP contribution is 2.22. The fourth-order valence-corrected chi connectivity index (χ4v) is 2.51. The molecule has 0 aliphatic carbocycles. The fourth-order valence-electron chi connectivity index (χ4n) is 2.51. The number of aliphatic hydroxyl groups is 1. The second-order valence-electron chi connectivity index (χ2n) is 5.56. The van der Waals surface area contributed by atoms with Crippen LogP contribution in [0.3, 0.4) is 0 Å². The molecule has 2 aromatic carbocycles. The van der Waals surface area contributed by atoms with E-state index < -0.39 is 12.1 Å². The zero-order chi connectivity index (χ0) is 18.2. The fraction of sp³-hybridized carbons (Fsp3) is 0.300. The van der Waals surface area contributed by atoms with Gasteiger partial charge in [0.25, 0.3) is 5.91 Å². The maximum Gasteiger partial charge on any atom is 0.339 e. The normalized spacial score (nSPS) is 11.6. The van der Waals surface area contributed by atoms with Crippen molar-refractivity contribution in [2.24, 2.45) is 0 Å². The number of hydrogen-bond donors (Lipinski definition) is 1. The first kappa shape index (κ1) is 18.7. The van der Waals surface area contributed by atoms with Crippen molar-refractivity contribution in [3.63, 3.8) is 0 Å². The lowest BCUT2D eigenvalue weighted by Gasteiger charge is -2.25. The molecule has 0 bridgehead atoms. The van der Waals surface area contributed by atoms with Crippen molar-refractivity contribution in [3.05, 3.63) is 71.3 Å². The standard InChI is InChI=1S/C20H23NO4/c1-3-21(4-2)19(23)18(16-8-6-5-7-9-16)25-20(24)17-12-10-15(14-22)11-13-17/h5-13,18,22H,3-4,14H2,1-2H3/t18-/m1/s1. The Labute approximate surface area is 147 Å². The number of hydrogen-bond acceptors (Lipinski definition) is 4. The van der Waals surface area contributed by atoms with Crippen LogP contribution in [0.4, 0.5) is 0 Å². The summed E-state index contributed by atoms with van der Waals surface area (Å²) in [5, 5.41) is 9.08. The van der Waals surface area contributed by atoms with Gasteiger partial charge in [-0.1, -0.05) is 42.5 Å². The zero-order valence-corrected chi connectivity index (χ0v) is 14.5. The second-order valence-corrected chi connectivity index (χ2v) is 5.56. The van der Waals surface area contributed by atoms with Gasteiger partial charge in [-0.15, -0.1) is 0 Å². The highest BCUT2D eigenvalue weighted by atomic mass is 16.5. The lowest BCUT2D eigenvalue weighted by molar-refractivity contribution is -0.140. The summed E-state index contributed by atoms with van der Waals surface area (Å²) in [5.41, 5.74) is 1.68. The molecule has 0 aliphatic rings. The molecule has 0 fully saturated rings. The van der Waals surface area contributed by atoms with Gasteiger partial charge in [0.2, 0.25) is 6.10 Å². The molecule has 0 aliphatic heterocycles. The van der Waals surface area contributed by atoms with Crippen LogP contribution in [0.15, 0.2) is 54.6 Å². The van der Waals surface area contributed by atoms with E-state index in [-0.39, 0.29) is 12.5 Å². The van der Waals surface area contributed by atoms with Gasteiger partial charge >= 0.3 is 5.97 Å². The molecule has 2 aromatic rings. The van der Waals surface area contributed by atoms with Gasteiger partial charge < -0.3 is 14.7 Å². The molecular formula is C20H23NO4. The van der Waals surface area contributed by atoms with Gasteiger partial charge in [-0.3, -0.25) is 4.79 Å². The van der Waals surface area contributed by atoms with E-state index in [0.29, 0.717) is 29.8 Å². The smallest absolute Gasteiger partial charge is 0.339 e. The molecule has 1 amide bonds. The lowest BCUT2D eigenvalue weighted by Crippen LogP contribution is -2.36. The third-order valence-corrected chi connectivity index (χ3v) is 4.00. The third-order valence-electron chi connectivity index (χ3n) is 4.00. The van der Waals surface area contributed by atoms with Crippen molar-refractivity contribution in [1.82, 2.24) is 4.90 Å². The maximum absolute atomic E-state index is 12.8. The Morgan fingerprint density at radius 1 is 1.00 bits per heavy atom. The van der Waals surface area contributed by atoms with Crippen LogP contribution >= 0.6 is 0 Å². The van der Waals surface area contributed by atoms with Crippen molar-refractivity contribution in [3.8, 4) is 0 Å². The summed E-state index contributed by atoms with van der Waals surface area (Å²) < 4.78 is 5.55. The van der Waals surface area contributed by atoms with Gasteiger partial charge in [-0.05, 0) is 31.5 Å². The quantitative estimate of drug-likeness (QED) is 0.786. The molecule has 0 unspecified atom stereocenters. The molecule has 5 nitrogen and oxygen atoms in total. The van der Waals surface area contributed by atoms with Crippen LogP contribution in [0.25, 0.3) is 0 Å². The molecule has 0 radical (unpaired) electrons. The zero-order valence-electron chi connectivity index (χ0n) is 14.5. The van der Waals surface area contributed by atoms with Crippen molar-refractivity contribution >= 4 is 11.9 Å². The summed E-state index contributed by atoms with van der Waals surface area (Å²) >= 11 is 0. The van der Waals surface area contributed by atoms with Gasteiger partial charge in [-0.2, -0.15) is 0 Å². The van der Waals surface area contributed by atoms with E-state index in [1.807, 2.05) is 32.0 Å². The molecule has 0 saturated carbocycles. The van der Waals surface area contributed by atoms with Gasteiger partial charge in [0.1, 0.15) is 0 Å². The summed E-state index contributed by atoms with van der Waals surface area (Å²) in [4.78, 5) is 26.9. The number of carbonyl (C=O) groups excluding carboxylic acids is 2. The first-order valence-corrected chi connectivity index (χ1v) is 8.35. The van der Waals surface area contributed by atoms with Crippen LogP contribution in [0.2, 0.25) is 0 Å². The van der Waals surface area contributed by atoms with Crippen LogP contribution in [0.1, 0.15) is 41.4 Å². The van der Waals surface area contributed by atoms with Gasteiger partial charge in [0, 0.05) is 18.7 Å². The Bertz CT molecular complexity index is 693. The highest BCUT2D eigenvalue weighted by molar-refractivity contribution is 5.92. The summed E-state index contributed by atoms with van der Waals surface area (Å²) in [6.07, 6.45) is -0.980. The lowest BCUT2D eigenvalue weighted by atomic mass is 10.1. The summed E-state index contributed by atoms with van der Waals surface area (Å²) in [7, 11) is 0. The van der Waals surface area contributed by atoms with E-state index in [2.05, 4.69) is 0 Å². The van der Waals surface area contributed by atoms with E-state index in [9.17, 15) is 9.59 Å². The Kier molecular flexibility index (Phi) is 6.71. The van der Waals surface area contributed by atoms with E-state index in [1.54, 1.807) is 41.3 Å². The van der Waals surface area contributed by atoms with Crippen molar-refractivity contribution < 1.29 is 19.4 Å². The summed E-state index contributed by atoms with van der Waals surface area (Å²) in [6, 6.07) is 15.5. The number of nitrogens with zero attached hydrogens (tertiary/aromatic N) is 1. The Morgan fingerprint density at radius 2 is 1.60 bits per heavy atom. The number of carbonyl (C=O) groups is 2. The van der Waals surface area contributed by atoms with Gasteiger partial charge in [0.05, 0.1) is 12.2 Å². The predicted octanol–water partition coefficient (Wildman–Crippen LogP) is 2.95. The molecule has 0 spiro atoms. The molecule has 1 N–H and O–H groups in total. The summed E-state index contributed by atoms with van der Waals surface area (Å²) in [6.45, 7) is 4.77. The number of aliphatic hydroxyl groups excluding tert-OH is 1. The van der Waals surface area contributed by atoms with Crippen molar-refractivity contribution in [2.45, 2.75) is 26.6 Å². The Hall–Kier alpha value is -2.66. The minimum Gasteiger partial charge on any atom is -0.444 e. The predicted molar refractivity (Wildman–Crippen MR) is 94.9 cm³/mol. The van der Waals surface area contributed by atoms with Crippen molar-refractivity contribution in [2.75, 3.05) is 13.1 Å². The number of likely N-dealkylation sites (N-methyl/N-ethyl adjacent to an activating group) is 1. The average molecular weight is 341 g/mol. The number of ether oxygens (including phenoxy) is 1. The van der Waals surface area contributed by atoms with Gasteiger partial charge in [0.15, 0.2) is 0 Å². The average Bonchev–Trinajstić information content (AvgIpc) is 2.67. The molecule has 2 rings (SSSR count). The monoisotopic (exact) mass is 341 g/mol. The third kappa shape index (κ3) is 4.67. The molecule has 132 valence electrons. The number of benzene rings is 2. The maximum atomic E-state index is 12.8. The SMILES string of the molecule is CCN(CC)C(=O)[C@H](OC(=O)c1ccc(CO)cc1)c1ccccc1. The molecule has 1 atom stereocenters. The van der Waals surface area contributed by atoms with E-state index in [4.69, 9.17) is 9.84 Å². The van der Waals surface area contributed by atoms with Gasteiger partial charge in [-0.25, -0.2) is 4.79 Å². The molecule has 25 heavy (non-hydrogen) atoms. The van der Waals surface area contributed by atoms with E-state index in [0.717, 1.165) is 0 Å².